The number of fused-ring (bicyclic) bond motifs is 1. The number of hydrogen-bond donors (Lipinski definition) is 1. The minimum atomic E-state index is -2.85. The Morgan fingerprint density at radius 2 is 2.09 bits per heavy atom. The van der Waals surface area contributed by atoms with Gasteiger partial charge in [-0.1, -0.05) is 6.92 Å². The number of alkyl halides is 2. The van der Waals surface area contributed by atoms with Gasteiger partial charge in [0.05, 0.1) is 4.88 Å². The molecule has 6 heteroatoms. The van der Waals surface area contributed by atoms with Crippen LogP contribution >= 0.6 is 11.3 Å². The molecule has 1 amide bonds. The maximum atomic E-state index is 12.3. The summed E-state index contributed by atoms with van der Waals surface area (Å²) in [5.41, 5.74) is 1.83. The van der Waals surface area contributed by atoms with Gasteiger partial charge in [-0.05, 0) is 61.1 Å². The Hall–Kier alpha value is -1.95. The number of carbonyl (C=O) groups excluding carboxylic acids is 1. The molecule has 0 saturated heterocycles. The summed E-state index contributed by atoms with van der Waals surface area (Å²) in [6, 6.07) is 7.88. The van der Waals surface area contributed by atoms with Crippen molar-refractivity contribution >= 4 is 22.9 Å². The lowest BCUT2D eigenvalue weighted by atomic mass is 9.90. The number of hydrogen-bond acceptors (Lipinski definition) is 3. The molecule has 0 radical (unpaired) electrons. The molecule has 1 aliphatic rings. The summed E-state index contributed by atoms with van der Waals surface area (Å²) < 4.78 is 28.5. The van der Waals surface area contributed by atoms with Crippen LogP contribution in [0, 0.1) is 5.92 Å². The monoisotopic (exact) mass is 337 g/mol. The van der Waals surface area contributed by atoms with Crippen molar-refractivity contribution in [3.63, 3.8) is 0 Å². The lowest BCUT2D eigenvalue weighted by molar-refractivity contribution is -0.0498. The van der Waals surface area contributed by atoms with E-state index in [0.717, 1.165) is 12.8 Å². The Morgan fingerprint density at radius 1 is 1.35 bits per heavy atom. The van der Waals surface area contributed by atoms with E-state index in [1.165, 1.54) is 29.0 Å². The second kappa shape index (κ2) is 6.66. The van der Waals surface area contributed by atoms with E-state index in [0.29, 0.717) is 16.5 Å². The predicted molar refractivity (Wildman–Crippen MR) is 86.5 cm³/mol. The number of aryl methyl sites for hydroxylation is 1. The molecular formula is C17H17F2NO2S. The van der Waals surface area contributed by atoms with Gasteiger partial charge in [-0.2, -0.15) is 8.78 Å². The molecular weight excluding hydrogens is 320 g/mol. The third-order valence-corrected chi connectivity index (χ3v) is 5.13. The average molecular weight is 337 g/mol. The Morgan fingerprint density at radius 3 is 2.78 bits per heavy atom. The second-order valence-electron chi connectivity index (χ2n) is 5.76. The van der Waals surface area contributed by atoms with Crippen molar-refractivity contribution in [3.05, 3.63) is 45.6 Å². The molecule has 3 rings (SSSR count). The molecule has 1 N–H and O–H groups in total. The highest BCUT2D eigenvalue weighted by atomic mass is 32.1. The van der Waals surface area contributed by atoms with E-state index < -0.39 is 6.61 Å². The number of benzene rings is 1. The summed E-state index contributed by atoms with van der Waals surface area (Å²) in [7, 11) is 0. The van der Waals surface area contributed by atoms with Gasteiger partial charge in [0.2, 0.25) is 0 Å². The average Bonchev–Trinajstić information content (AvgIpc) is 2.92. The van der Waals surface area contributed by atoms with Gasteiger partial charge < -0.3 is 10.1 Å². The van der Waals surface area contributed by atoms with E-state index in [2.05, 4.69) is 17.0 Å². The molecule has 0 aliphatic heterocycles. The van der Waals surface area contributed by atoms with E-state index in [-0.39, 0.29) is 11.7 Å². The fourth-order valence-corrected chi connectivity index (χ4v) is 3.83. The molecule has 0 unspecified atom stereocenters. The fourth-order valence-electron chi connectivity index (χ4n) is 2.73. The van der Waals surface area contributed by atoms with Crippen LogP contribution in [0.1, 0.15) is 33.5 Å². The quantitative estimate of drug-likeness (QED) is 0.876. The highest BCUT2D eigenvalue weighted by Gasteiger charge is 2.20. The van der Waals surface area contributed by atoms with Gasteiger partial charge in [0, 0.05) is 10.6 Å². The summed E-state index contributed by atoms with van der Waals surface area (Å²) in [5, 5.41) is 2.79. The van der Waals surface area contributed by atoms with E-state index in [9.17, 15) is 13.6 Å². The number of amides is 1. The Balaban J connectivity index is 1.67. The Labute approximate surface area is 137 Å². The molecule has 1 aromatic heterocycles. The molecule has 0 saturated carbocycles. The standard InChI is InChI=1S/C17H17F2NO2S/c1-10-2-7-14-11(8-10)9-15(23-14)16(21)20-12-3-5-13(6-4-12)22-17(18)19/h3-6,9-10,17H,2,7-8H2,1H3,(H,20,21)/t10-/m0/s1. The molecule has 1 atom stereocenters. The topological polar surface area (TPSA) is 38.3 Å². The molecule has 3 nitrogen and oxygen atoms in total. The van der Waals surface area contributed by atoms with Crippen LogP contribution in [0.2, 0.25) is 0 Å². The minimum absolute atomic E-state index is 0.0681. The zero-order valence-corrected chi connectivity index (χ0v) is 13.5. The molecule has 122 valence electrons. The van der Waals surface area contributed by atoms with Crippen LogP contribution in [0.3, 0.4) is 0 Å². The summed E-state index contributed by atoms with van der Waals surface area (Å²) >= 11 is 1.54. The first-order chi connectivity index (χ1) is 11.0. The van der Waals surface area contributed by atoms with Crippen LogP contribution in [0.25, 0.3) is 0 Å². The Bertz CT molecular complexity index is 697. The number of nitrogens with one attached hydrogen (secondary N) is 1. The van der Waals surface area contributed by atoms with Crippen LogP contribution < -0.4 is 10.1 Å². The van der Waals surface area contributed by atoms with E-state index >= 15 is 0 Å². The summed E-state index contributed by atoms with van der Waals surface area (Å²) in [5.74, 6) is 0.563. The number of rotatable bonds is 4. The van der Waals surface area contributed by atoms with Crippen LogP contribution in [-0.4, -0.2) is 12.5 Å². The number of halogens is 2. The first kappa shape index (κ1) is 15.9. The normalized spacial score (nSPS) is 17.0. The highest BCUT2D eigenvalue weighted by Crippen LogP contribution is 2.32. The number of thiophene rings is 1. The van der Waals surface area contributed by atoms with Crippen molar-refractivity contribution in [2.75, 3.05) is 5.32 Å². The molecule has 2 aromatic rings. The number of ether oxygens (including phenoxy) is 1. The maximum Gasteiger partial charge on any atom is 0.387 e. The smallest absolute Gasteiger partial charge is 0.387 e. The first-order valence-corrected chi connectivity index (χ1v) is 8.30. The van der Waals surface area contributed by atoms with Crippen molar-refractivity contribution in [1.29, 1.82) is 0 Å². The van der Waals surface area contributed by atoms with Crippen LogP contribution in [0.15, 0.2) is 30.3 Å². The molecule has 0 spiro atoms. The third-order valence-electron chi connectivity index (χ3n) is 3.89. The van der Waals surface area contributed by atoms with Crippen LogP contribution in [0.4, 0.5) is 14.5 Å². The van der Waals surface area contributed by atoms with Crippen LogP contribution in [-0.2, 0) is 12.8 Å². The third kappa shape index (κ3) is 3.88. The molecule has 1 aromatic carbocycles. The van der Waals surface area contributed by atoms with Gasteiger partial charge in [-0.3, -0.25) is 4.79 Å². The van der Waals surface area contributed by atoms with Gasteiger partial charge in [0.1, 0.15) is 5.75 Å². The van der Waals surface area contributed by atoms with Gasteiger partial charge in [-0.15, -0.1) is 11.3 Å². The van der Waals surface area contributed by atoms with Crippen LogP contribution in [0.5, 0.6) is 5.75 Å². The molecule has 0 fully saturated rings. The molecule has 23 heavy (non-hydrogen) atoms. The molecule has 1 heterocycles. The van der Waals surface area contributed by atoms with Crippen molar-refractivity contribution in [3.8, 4) is 5.75 Å². The summed E-state index contributed by atoms with van der Waals surface area (Å²) in [6.45, 7) is -0.626. The lowest BCUT2D eigenvalue weighted by Crippen LogP contribution is -2.10. The van der Waals surface area contributed by atoms with Crippen molar-refractivity contribution in [1.82, 2.24) is 0 Å². The van der Waals surface area contributed by atoms with Gasteiger partial charge in [0.15, 0.2) is 0 Å². The Kier molecular flexibility index (Phi) is 4.61. The zero-order chi connectivity index (χ0) is 16.4. The second-order valence-corrected chi connectivity index (χ2v) is 6.90. The zero-order valence-electron chi connectivity index (χ0n) is 12.6. The van der Waals surface area contributed by atoms with E-state index in [4.69, 9.17) is 0 Å². The SMILES string of the molecule is C[C@H]1CCc2sc(C(=O)Nc3ccc(OC(F)F)cc3)cc2C1. The highest BCUT2D eigenvalue weighted by molar-refractivity contribution is 7.14. The van der Waals surface area contributed by atoms with Crippen molar-refractivity contribution in [2.45, 2.75) is 32.8 Å². The largest absolute Gasteiger partial charge is 0.435 e. The lowest BCUT2D eigenvalue weighted by Gasteiger charge is -2.16. The predicted octanol–water partition coefficient (Wildman–Crippen LogP) is 4.73. The van der Waals surface area contributed by atoms with Crippen molar-refractivity contribution < 1.29 is 18.3 Å². The maximum absolute atomic E-state index is 12.3. The minimum Gasteiger partial charge on any atom is -0.435 e. The van der Waals surface area contributed by atoms with Gasteiger partial charge in [0.25, 0.3) is 5.91 Å². The van der Waals surface area contributed by atoms with Gasteiger partial charge >= 0.3 is 6.61 Å². The molecule has 0 bridgehead atoms. The molecule has 1 aliphatic carbocycles. The summed E-state index contributed by atoms with van der Waals surface area (Å²) in [6.07, 6.45) is 3.23. The van der Waals surface area contributed by atoms with E-state index in [1.807, 2.05) is 6.07 Å². The first-order valence-electron chi connectivity index (χ1n) is 7.49. The summed E-state index contributed by atoms with van der Waals surface area (Å²) in [4.78, 5) is 14.3. The van der Waals surface area contributed by atoms with E-state index in [1.54, 1.807) is 23.5 Å². The number of anilines is 1. The fraction of sp³-hybridized carbons (Fsp3) is 0.353. The van der Waals surface area contributed by atoms with Gasteiger partial charge in [-0.25, -0.2) is 0 Å². The van der Waals surface area contributed by atoms with Crippen molar-refractivity contribution in [2.24, 2.45) is 5.92 Å². The number of carbonyl (C=O) groups is 1.